The van der Waals surface area contributed by atoms with Gasteiger partial charge in [0, 0.05) is 12.0 Å². The van der Waals surface area contributed by atoms with Crippen LogP contribution in [-0.2, 0) is 22.5 Å². The van der Waals surface area contributed by atoms with E-state index in [1.807, 2.05) is 48.5 Å². The van der Waals surface area contributed by atoms with Gasteiger partial charge in [-0.05, 0) is 30.0 Å². The van der Waals surface area contributed by atoms with Gasteiger partial charge < -0.3 is 9.47 Å². The van der Waals surface area contributed by atoms with Crippen LogP contribution in [0.2, 0.25) is 0 Å². The Balaban J connectivity index is 2.23. The van der Waals surface area contributed by atoms with Gasteiger partial charge in [-0.25, -0.2) is 5.48 Å². The number of amides is 1. The number of ether oxygens (including phenoxy) is 2. The molecule has 5 nitrogen and oxygen atoms in total. The Hall–Kier alpha value is -2.53. The minimum Gasteiger partial charge on any atom is -0.497 e. The molecule has 0 fully saturated rings. The van der Waals surface area contributed by atoms with Crippen LogP contribution >= 0.6 is 0 Å². The predicted octanol–water partition coefficient (Wildman–Crippen LogP) is 2.78. The Bertz CT molecular complexity index is 658. The van der Waals surface area contributed by atoms with Crippen molar-refractivity contribution in [3.05, 3.63) is 59.7 Å². The second-order valence-corrected chi connectivity index (χ2v) is 5.44. The molecule has 128 valence electrons. The molecule has 0 bridgehead atoms. The summed E-state index contributed by atoms with van der Waals surface area (Å²) in [5.74, 6) is 1.00. The van der Waals surface area contributed by atoms with Gasteiger partial charge in [0.25, 0.3) is 0 Å². The normalized spacial score (nSPS) is 11.6. The van der Waals surface area contributed by atoms with Crippen molar-refractivity contribution in [1.82, 2.24) is 5.48 Å². The van der Waals surface area contributed by atoms with Crippen LogP contribution in [0.1, 0.15) is 11.1 Å². The van der Waals surface area contributed by atoms with E-state index in [4.69, 9.17) is 14.3 Å². The Kier molecular flexibility index (Phi) is 6.63. The molecule has 0 spiro atoms. The summed E-state index contributed by atoms with van der Waals surface area (Å²) in [4.78, 5) is 17.2. The van der Waals surface area contributed by atoms with Gasteiger partial charge in [0.2, 0.25) is 5.91 Å². The lowest BCUT2D eigenvalue weighted by Crippen LogP contribution is -2.32. The van der Waals surface area contributed by atoms with Crippen LogP contribution in [0.3, 0.4) is 0 Å². The smallest absolute Gasteiger partial charge is 0.247 e. The monoisotopic (exact) mass is 329 g/mol. The lowest BCUT2D eigenvalue weighted by atomic mass is 9.91. The predicted molar refractivity (Wildman–Crippen MR) is 92.0 cm³/mol. The van der Waals surface area contributed by atoms with Crippen LogP contribution in [0.4, 0.5) is 0 Å². The van der Waals surface area contributed by atoms with Crippen molar-refractivity contribution in [1.29, 1.82) is 0 Å². The fourth-order valence-electron chi connectivity index (χ4n) is 2.63. The summed E-state index contributed by atoms with van der Waals surface area (Å²) in [5, 5.41) is 0. The molecule has 1 amide bonds. The molecule has 0 saturated carbocycles. The topological polar surface area (TPSA) is 56.8 Å². The lowest BCUT2D eigenvalue weighted by Gasteiger charge is -2.18. The quantitative estimate of drug-likeness (QED) is 0.757. The molecule has 2 aromatic rings. The molecule has 0 saturated heterocycles. The van der Waals surface area contributed by atoms with Gasteiger partial charge in [-0.2, -0.15) is 0 Å². The molecule has 2 aromatic carbocycles. The zero-order valence-electron chi connectivity index (χ0n) is 14.2. The summed E-state index contributed by atoms with van der Waals surface area (Å²) in [6.07, 6.45) is 1.16. The summed E-state index contributed by atoms with van der Waals surface area (Å²) in [6.45, 7) is 0. The number of carbonyl (C=O) groups is 1. The van der Waals surface area contributed by atoms with Crippen molar-refractivity contribution in [2.75, 3.05) is 21.3 Å². The van der Waals surface area contributed by atoms with Gasteiger partial charge in [0.15, 0.2) is 0 Å². The van der Waals surface area contributed by atoms with Gasteiger partial charge in [0.1, 0.15) is 11.5 Å². The Labute approximate surface area is 142 Å². The van der Waals surface area contributed by atoms with Crippen LogP contribution in [0.15, 0.2) is 48.5 Å². The van der Waals surface area contributed by atoms with E-state index in [1.54, 1.807) is 14.2 Å². The highest BCUT2D eigenvalue weighted by atomic mass is 16.6. The van der Waals surface area contributed by atoms with E-state index in [0.717, 1.165) is 16.9 Å². The summed E-state index contributed by atoms with van der Waals surface area (Å²) in [5.41, 5.74) is 4.49. The Morgan fingerprint density at radius 2 is 1.75 bits per heavy atom. The third-order valence-electron chi connectivity index (χ3n) is 3.86. The van der Waals surface area contributed by atoms with Crippen molar-refractivity contribution >= 4 is 5.91 Å². The number of nitrogens with one attached hydrogen (secondary N) is 1. The molecule has 0 unspecified atom stereocenters. The second kappa shape index (κ2) is 8.93. The molecular weight excluding hydrogens is 306 g/mol. The minimum atomic E-state index is -0.269. The molecule has 0 heterocycles. The van der Waals surface area contributed by atoms with E-state index in [0.29, 0.717) is 18.6 Å². The van der Waals surface area contributed by atoms with Crippen molar-refractivity contribution < 1.29 is 19.1 Å². The van der Waals surface area contributed by atoms with Crippen molar-refractivity contribution in [2.24, 2.45) is 5.92 Å². The zero-order valence-corrected chi connectivity index (χ0v) is 14.2. The summed E-state index contributed by atoms with van der Waals surface area (Å²) in [6, 6.07) is 15.5. The average Bonchev–Trinajstić information content (AvgIpc) is 2.62. The third-order valence-corrected chi connectivity index (χ3v) is 3.86. The van der Waals surface area contributed by atoms with E-state index in [9.17, 15) is 4.79 Å². The Morgan fingerprint density at radius 3 is 2.38 bits per heavy atom. The molecule has 0 aliphatic carbocycles. The standard InChI is InChI=1S/C19H23NO4/c1-22-17-10-9-15(18(13-17)23-2)12-16(19(21)20-24-3)11-14-7-5-4-6-8-14/h4-10,13,16H,11-12H2,1-3H3,(H,20,21)/t16-/m0/s1. The van der Waals surface area contributed by atoms with E-state index in [-0.39, 0.29) is 11.8 Å². The van der Waals surface area contributed by atoms with E-state index in [2.05, 4.69) is 5.48 Å². The highest BCUT2D eigenvalue weighted by molar-refractivity contribution is 5.78. The molecule has 0 radical (unpaired) electrons. The van der Waals surface area contributed by atoms with Crippen molar-refractivity contribution in [3.63, 3.8) is 0 Å². The highest BCUT2D eigenvalue weighted by Crippen LogP contribution is 2.27. The molecule has 2 rings (SSSR count). The van der Waals surface area contributed by atoms with Crippen LogP contribution in [-0.4, -0.2) is 27.2 Å². The summed E-state index contributed by atoms with van der Waals surface area (Å²) in [7, 11) is 4.66. The number of benzene rings is 2. The SMILES string of the molecule is CONC(=O)[C@@H](Cc1ccccc1)Cc1ccc(OC)cc1OC. The van der Waals surface area contributed by atoms with Crippen LogP contribution in [0.5, 0.6) is 11.5 Å². The maximum atomic E-state index is 12.4. The zero-order chi connectivity index (χ0) is 17.4. The first-order valence-corrected chi connectivity index (χ1v) is 7.75. The van der Waals surface area contributed by atoms with Crippen molar-refractivity contribution in [2.45, 2.75) is 12.8 Å². The number of carbonyl (C=O) groups excluding carboxylic acids is 1. The van der Waals surface area contributed by atoms with Gasteiger partial charge in [0.05, 0.1) is 21.3 Å². The molecule has 0 aromatic heterocycles. The number of rotatable bonds is 8. The molecule has 0 aliphatic rings. The van der Waals surface area contributed by atoms with Gasteiger partial charge >= 0.3 is 0 Å². The molecule has 1 atom stereocenters. The first-order valence-electron chi connectivity index (χ1n) is 7.75. The van der Waals surface area contributed by atoms with E-state index in [1.165, 1.54) is 7.11 Å². The average molecular weight is 329 g/mol. The number of hydrogen-bond donors (Lipinski definition) is 1. The molecule has 0 aliphatic heterocycles. The summed E-state index contributed by atoms with van der Waals surface area (Å²) < 4.78 is 10.7. The molecule has 24 heavy (non-hydrogen) atoms. The third kappa shape index (κ3) is 4.73. The minimum absolute atomic E-state index is 0.153. The highest BCUT2D eigenvalue weighted by Gasteiger charge is 2.21. The molecular formula is C19H23NO4. The molecule has 5 heteroatoms. The maximum absolute atomic E-state index is 12.4. The number of hydroxylamine groups is 1. The first-order chi connectivity index (χ1) is 11.7. The molecule has 1 N–H and O–H groups in total. The van der Waals surface area contributed by atoms with Crippen LogP contribution in [0.25, 0.3) is 0 Å². The maximum Gasteiger partial charge on any atom is 0.247 e. The van der Waals surface area contributed by atoms with Gasteiger partial charge in [-0.1, -0.05) is 36.4 Å². The van der Waals surface area contributed by atoms with Crippen molar-refractivity contribution in [3.8, 4) is 11.5 Å². The van der Waals surface area contributed by atoms with Crippen LogP contribution < -0.4 is 15.0 Å². The van der Waals surface area contributed by atoms with Gasteiger partial charge in [-0.15, -0.1) is 0 Å². The van der Waals surface area contributed by atoms with E-state index >= 15 is 0 Å². The Morgan fingerprint density at radius 1 is 1.00 bits per heavy atom. The van der Waals surface area contributed by atoms with Gasteiger partial charge in [-0.3, -0.25) is 9.63 Å². The van der Waals surface area contributed by atoms with Crippen LogP contribution in [0, 0.1) is 5.92 Å². The largest absolute Gasteiger partial charge is 0.497 e. The first kappa shape index (κ1) is 17.8. The summed E-state index contributed by atoms with van der Waals surface area (Å²) >= 11 is 0. The number of hydrogen-bond acceptors (Lipinski definition) is 4. The fraction of sp³-hybridized carbons (Fsp3) is 0.316. The number of methoxy groups -OCH3 is 2. The second-order valence-electron chi connectivity index (χ2n) is 5.44. The van der Waals surface area contributed by atoms with E-state index < -0.39 is 0 Å². The fourth-order valence-corrected chi connectivity index (χ4v) is 2.63. The lowest BCUT2D eigenvalue weighted by molar-refractivity contribution is -0.135.